The van der Waals surface area contributed by atoms with Crippen LogP contribution in [0.25, 0.3) is 0 Å². The summed E-state index contributed by atoms with van der Waals surface area (Å²) in [7, 11) is 0. The van der Waals surface area contributed by atoms with Crippen molar-refractivity contribution < 1.29 is 9.90 Å². The van der Waals surface area contributed by atoms with Crippen LogP contribution in [-0.2, 0) is 17.9 Å². The van der Waals surface area contributed by atoms with Crippen LogP contribution in [-0.4, -0.2) is 40.0 Å². The maximum absolute atomic E-state index is 11.4. The molecule has 106 valence electrons. The summed E-state index contributed by atoms with van der Waals surface area (Å²) in [6.07, 6.45) is 7.44. The summed E-state index contributed by atoms with van der Waals surface area (Å²) in [6, 6.07) is 0.456. The lowest BCUT2D eigenvalue weighted by Crippen LogP contribution is -2.26. The van der Waals surface area contributed by atoms with Crippen LogP contribution < -0.4 is 10.6 Å². The molecule has 0 atom stereocenters. The molecule has 19 heavy (non-hydrogen) atoms. The molecule has 0 bridgehead atoms. The van der Waals surface area contributed by atoms with Crippen LogP contribution in [0.4, 0.5) is 0 Å². The maximum atomic E-state index is 11.4. The zero-order chi connectivity index (χ0) is 13.5. The molecule has 1 saturated carbocycles. The molecule has 6 nitrogen and oxygen atoms in total. The largest absolute Gasteiger partial charge is 0.394 e. The second kappa shape index (κ2) is 7.25. The van der Waals surface area contributed by atoms with Crippen LogP contribution in [0.1, 0.15) is 31.2 Å². The number of aromatic nitrogens is 2. The van der Waals surface area contributed by atoms with Crippen molar-refractivity contribution in [3.05, 3.63) is 18.0 Å². The quantitative estimate of drug-likeness (QED) is 0.551. The Morgan fingerprint density at radius 2 is 2.37 bits per heavy atom. The van der Waals surface area contributed by atoms with Crippen LogP contribution in [0.5, 0.6) is 0 Å². The Labute approximate surface area is 113 Å². The Kier molecular flexibility index (Phi) is 5.35. The minimum atomic E-state index is 0.102. The topological polar surface area (TPSA) is 79.2 Å². The molecule has 1 amide bonds. The summed E-state index contributed by atoms with van der Waals surface area (Å²) in [5, 5.41) is 19.2. The zero-order valence-corrected chi connectivity index (χ0v) is 11.1. The minimum absolute atomic E-state index is 0.102. The van der Waals surface area contributed by atoms with Crippen molar-refractivity contribution in [2.45, 2.75) is 44.8 Å². The molecular formula is C13H22N4O2. The van der Waals surface area contributed by atoms with Crippen molar-refractivity contribution in [1.29, 1.82) is 0 Å². The van der Waals surface area contributed by atoms with Crippen molar-refractivity contribution in [2.75, 3.05) is 13.2 Å². The molecule has 3 N–H and O–H groups in total. The van der Waals surface area contributed by atoms with Gasteiger partial charge in [0.05, 0.1) is 19.3 Å². The normalized spacial score (nSPS) is 14.6. The number of rotatable bonds is 9. The fourth-order valence-electron chi connectivity index (χ4n) is 1.86. The maximum Gasteiger partial charge on any atom is 0.220 e. The van der Waals surface area contributed by atoms with E-state index in [1.165, 1.54) is 0 Å². The fourth-order valence-corrected chi connectivity index (χ4v) is 1.86. The first-order valence-electron chi connectivity index (χ1n) is 6.90. The van der Waals surface area contributed by atoms with Crippen LogP contribution in [0.15, 0.2) is 12.4 Å². The molecule has 0 spiro atoms. The molecule has 1 aliphatic carbocycles. The Morgan fingerprint density at radius 3 is 3.11 bits per heavy atom. The van der Waals surface area contributed by atoms with Gasteiger partial charge in [0.15, 0.2) is 0 Å². The van der Waals surface area contributed by atoms with Gasteiger partial charge in [-0.1, -0.05) is 0 Å². The summed E-state index contributed by atoms with van der Waals surface area (Å²) in [6.45, 7) is 2.20. The predicted octanol–water partition coefficient (Wildman–Crippen LogP) is 0.0238. The number of carbonyl (C=O) groups is 1. The number of aliphatic hydroxyl groups is 1. The van der Waals surface area contributed by atoms with E-state index in [9.17, 15) is 4.79 Å². The van der Waals surface area contributed by atoms with Gasteiger partial charge in [-0.3, -0.25) is 9.48 Å². The van der Waals surface area contributed by atoms with Crippen molar-refractivity contribution in [2.24, 2.45) is 0 Å². The lowest BCUT2D eigenvalue weighted by atomic mass is 10.3. The van der Waals surface area contributed by atoms with Crippen molar-refractivity contribution >= 4 is 5.91 Å². The average Bonchev–Trinajstić information content (AvgIpc) is 3.08. The lowest BCUT2D eigenvalue weighted by Gasteiger charge is -2.04. The number of carbonyl (C=O) groups excluding carboxylic acids is 1. The van der Waals surface area contributed by atoms with Gasteiger partial charge in [0.25, 0.3) is 0 Å². The number of hydrogen-bond donors (Lipinski definition) is 3. The van der Waals surface area contributed by atoms with Crippen molar-refractivity contribution in [3.63, 3.8) is 0 Å². The summed E-state index contributed by atoms with van der Waals surface area (Å²) in [4.78, 5) is 11.4. The zero-order valence-electron chi connectivity index (χ0n) is 11.1. The Bertz CT molecular complexity index is 401. The molecule has 0 aromatic carbocycles. The van der Waals surface area contributed by atoms with Crippen LogP contribution >= 0.6 is 0 Å². The van der Waals surface area contributed by atoms with Gasteiger partial charge >= 0.3 is 0 Å². The number of nitrogens with zero attached hydrogens (tertiary/aromatic N) is 2. The van der Waals surface area contributed by atoms with Crippen molar-refractivity contribution in [3.8, 4) is 0 Å². The third kappa shape index (κ3) is 5.40. The molecule has 6 heteroatoms. The highest BCUT2D eigenvalue weighted by Crippen LogP contribution is 2.18. The van der Waals surface area contributed by atoms with E-state index in [1.807, 2.05) is 6.20 Å². The summed E-state index contributed by atoms with van der Waals surface area (Å²) >= 11 is 0. The molecule has 1 fully saturated rings. The number of amides is 1. The van der Waals surface area contributed by atoms with Gasteiger partial charge in [-0.2, -0.15) is 5.10 Å². The second-order valence-corrected chi connectivity index (χ2v) is 4.96. The van der Waals surface area contributed by atoms with Gasteiger partial charge in [-0.15, -0.1) is 0 Å². The number of nitrogens with one attached hydrogen (secondary N) is 2. The van der Waals surface area contributed by atoms with Gasteiger partial charge in [0.2, 0.25) is 5.91 Å². The highest BCUT2D eigenvalue weighted by atomic mass is 16.3. The van der Waals surface area contributed by atoms with E-state index in [2.05, 4.69) is 15.7 Å². The van der Waals surface area contributed by atoms with Crippen molar-refractivity contribution in [1.82, 2.24) is 20.4 Å². The summed E-state index contributed by atoms with van der Waals surface area (Å²) < 4.78 is 1.72. The van der Waals surface area contributed by atoms with E-state index >= 15 is 0 Å². The smallest absolute Gasteiger partial charge is 0.220 e. The van der Waals surface area contributed by atoms with E-state index in [0.717, 1.165) is 37.9 Å². The average molecular weight is 266 g/mol. The van der Waals surface area contributed by atoms with Gasteiger partial charge in [-0.25, -0.2) is 0 Å². The fraction of sp³-hybridized carbons (Fsp3) is 0.692. The third-order valence-electron chi connectivity index (χ3n) is 3.04. The minimum Gasteiger partial charge on any atom is -0.394 e. The van der Waals surface area contributed by atoms with Gasteiger partial charge in [-0.05, 0) is 25.8 Å². The Morgan fingerprint density at radius 1 is 1.53 bits per heavy atom. The second-order valence-electron chi connectivity index (χ2n) is 4.96. The van der Waals surface area contributed by atoms with Crippen LogP contribution in [0, 0.1) is 0 Å². The molecule has 1 heterocycles. The third-order valence-corrected chi connectivity index (χ3v) is 3.04. The Hall–Kier alpha value is -1.40. The predicted molar refractivity (Wildman–Crippen MR) is 71.4 cm³/mol. The van der Waals surface area contributed by atoms with E-state index in [0.29, 0.717) is 19.0 Å². The van der Waals surface area contributed by atoms with E-state index < -0.39 is 0 Å². The molecule has 1 aromatic heterocycles. The monoisotopic (exact) mass is 266 g/mol. The molecule has 0 unspecified atom stereocenters. The first kappa shape index (κ1) is 14.0. The molecule has 0 saturated heterocycles. The van der Waals surface area contributed by atoms with Gasteiger partial charge < -0.3 is 15.7 Å². The molecule has 2 rings (SSSR count). The van der Waals surface area contributed by atoms with E-state index in [1.54, 1.807) is 10.9 Å². The SMILES string of the molecule is O=C(CCCNCc1cnn(CCO)c1)NC1CC1. The highest BCUT2D eigenvalue weighted by Gasteiger charge is 2.22. The van der Waals surface area contributed by atoms with Crippen LogP contribution in [0.3, 0.4) is 0 Å². The summed E-state index contributed by atoms with van der Waals surface area (Å²) in [5.41, 5.74) is 1.09. The number of aliphatic hydroxyl groups excluding tert-OH is 1. The van der Waals surface area contributed by atoms with E-state index in [-0.39, 0.29) is 12.5 Å². The lowest BCUT2D eigenvalue weighted by molar-refractivity contribution is -0.121. The first-order chi connectivity index (χ1) is 9.28. The van der Waals surface area contributed by atoms with Gasteiger partial charge in [0.1, 0.15) is 0 Å². The van der Waals surface area contributed by atoms with Gasteiger partial charge in [0, 0.05) is 30.8 Å². The number of hydrogen-bond acceptors (Lipinski definition) is 4. The van der Waals surface area contributed by atoms with Crippen LogP contribution in [0.2, 0.25) is 0 Å². The molecule has 1 aliphatic rings. The molecule has 1 aromatic rings. The Balaban J connectivity index is 1.51. The highest BCUT2D eigenvalue weighted by molar-refractivity contribution is 5.76. The summed E-state index contributed by atoms with van der Waals surface area (Å²) in [5.74, 6) is 0.167. The molecule has 0 aliphatic heterocycles. The molecule has 0 radical (unpaired) electrons. The first-order valence-corrected chi connectivity index (χ1v) is 6.90. The molecular weight excluding hydrogens is 244 g/mol. The van der Waals surface area contributed by atoms with E-state index in [4.69, 9.17) is 5.11 Å². The standard InChI is InChI=1S/C13H22N4O2/c18-7-6-17-10-11(9-15-17)8-14-5-1-2-13(19)16-12-3-4-12/h9-10,12,14,18H,1-8H2,(H,16,19).